The molecule has 0 N–H and O–H groups in total. The molecule has 0 unspecified atom stereocenters. The highest BCUT2D eigenvalue weighted by atomic mass is 16.6. The normalized spacial score (nSPS) is 11.1. The molecule has 7 heteroatoms. The Morgan fingerprint density at radius 2 is 1.92 bits per heavy atom. The Morgan fingerprint density at radius 1 is 1.25 bits per heavy atom. The molecule has 0 saturated carbocycles. The average Bonchev–Trinajstić information content (AvgIpc) is 2.46. The number of nitrogens with zero attached hydrogens (tertiary/aromatic N) is 2. The van der Waals surface area contributed by atoms with E-state index in [1.54, 1.807) is 54.0 Å². The number of ether oxygens (including phenoxy) is 3. The highest BCUT2D eigenvalue weighted by Crippen LogP contribution is 2.21. The third-order valence-electron chi connectivity index (χ3n) is 2.93. The molecule has 134 valence electrons. The summed E-state index contributed by atoms with van der Waals surface area (Å²) in [5, 5.41) is 0. The summed E-state index contributed by atoms with van der Waals surface area (Å²) in [4.78, 5) is 29.6. The van der Waals surface area contributed by atoms with Gasteiger partial charge in [0.2, 0.25) is 0 Å². The maximum absolute atomic E-state index is 12.3. The van der Waals surface area contributed by atoms with E-state index < -0.39 is 11.7 Å². The van der Waals surface area contributed by atoms with E-state index in [0.29, 0.717) is 18.1 Å². The predicted molar refractivity (Wildman–Crippen MR) is 89.9 cm³/mol. The molecular weight excluding hydrogens is 312 g/mol. The standard InChI is InChI=1S/C17H26N2O5/c1-7-23-14(20)10-13-9-8-12(11-22-6)15(18-13)19(5)16(21)24-17(2,3)4/h8-9H,7,10-11H2,1-6H3. The van der Waals surface area contributed by atoms with Crippen molar-refractivity contribution in [1.82, 2.24) is 4.98 Å². The Hall–Kier alpha value is -2.15. The maximum atomic E-state index is 12.3. The van der Waals surface area contributed by atoms with Crippen LogP contribution in [0.3, 0.4) is 0 Å². The molecule has 0 bridgehead atoms. The van der Waals surface area contributed by atoms with Crippen LogP contribution in [0.25, 0.3) is 0 Å². The molecule has 0 saturated heterocycles. The molecule has 0 aliphatic heterocycles. The number of pyridine rings is 1. The van der Waals surface area contributed by atoms with Crippen LogP contribution in [-0.2, 0) is 32.0 Å². The van der Waals surface area contributed by atoms with Crippen LogP contribution in [0, 0.1) is 0 Å². The summed E-state index contributed by atoms with van der Waals surface area (Å²) >= 11 is 0. The highest BCUT2D eigenvalue weighted by molar-refractivity contribution is 5.87. The SMILES string of the molecule is CCOC(=O)Cc1ccc(COC)c(N(C)C(=O)OC(C)(C)C)n1. The summed E-state index contributed by atoms with van der Waals surface area (Å²) in [6.07, 6.45) is -0.489. The Labute approximate surface area is 142 Å². The first kappa shape index (κ1) is 19.9. The number of aromatic nitrogens is 1. The van der Waals surface area contributed by atoms with Crippen LogP contribution in [0.4, 0.5) is 10.6 Å². The van der Waals surface area contributed by atoms with Crippen LogP contribution < -0.4 is 4.90 Å². The summed E-state index contributed by atoms with van der Waals surface area (Å²) in [5.74, 6) is 0.0308. The zero-order chi connectivity index (χ0) is 18.3. The Morgan fingerprint density at radius 3 is 2.46 bits per heavy atom. The molecule has 0 aliphatic rings. The molecule has 1 aromatic heterocycles. The van der Waals surface area contributed by atoms with E-state index in [1.165, 1.54) is 4.90 Å². The van der Waals surface area contributed by atoms with Crippen molar-refractivity contribution in [2.45, 2.75) is 46.3 Å². The smallest absolute Gasteiger partial charge is 0.415 e. The zero-order valence-corrected chi connectivity index (χ0v) is 15.2. The summed E-state index contributed by atoms with van der Waals surface area (Å²) in [6.45, 7) is 7.72. The quantitative estimate of drug-likeness (QED) is 0.742. The molecule has 0 aromatic carbocycles. The monoisotopic (exact) mass is 338 g/mol. The van der Waals surface area contributed by atoms with Crippen molar-refractivity contribution >= 4 is 17.9 Å². The predicted octanol–water partition coefficient (Wildman–Crippen LogP) is 2.70. The van der Waals surface area contributed by atoms with Crippen molar-refractivity contribution in [3.8, 4) is 0 Å². The number of methoxy groups -OCH3 is 1. The Bertz CT molecular complexity index is 581. The van der Waals surface area contributed by atoms with Gasteiger partial charge in [-0.2, -0.15) is 0 Å². The fourth-order valence-corrected chi connectivity index (χ4v) is 1.95. The summed E-state index contributed by atoms with van der Waals surface area (Å²) < 4.78 is 15.4. The van der Waals surface area contributed by atoms with E-state index in [4.69, 9.17) is 14.2 Å². The topological polar surface area (TPSA) is 78.0 Å². The molecule has 7 nitrogen and oxygen atoms in total. The van der Waals surface area contributed by atoms with Gasteiger partial charge in [-0.25, -0.2) is 9.78 Å². The van der Waals surface area contributed by atoms with E-state index in [2.05, 4.69) is 4.98 Å². The molecule has 0 fully saturated rings. The lowest BCUT2D eigenvalue weighted by atomic mass is 10.2. The Kier molecular flexibility index (Phi) is 7.16. The lowest BCUT2D eigenvalue weighted by Crippen LogP contribution is -2.35. The second kappa shape index (κ2) is 8.63. The van der Waals surface area contributed by atoms with Gasteiger partial charge < -0.3 is 14.2 Å². The summed E-state index contributed by atoms with van der Waals surface area (Å²) in [6, 6.07) is 3.50. The van der Waals surface area contributed by atoms with Crippen LogP contribution in [-0.4, -0.2) is 43.4 Å². The molecular formula is C17H26N2O5. The van der Waals surface area contributed by atoms with Crippen molar-refractivity contribution in [3.63, 3.8) is 0 Å². The van der Waals surface area contributed by atoms with Crippen molar-refractivity contribution in [3.05, 3.63) is 23.4 Å². The van der Waals surface area contributed by atoms with Crippen LogP contribution in [0.1, 0.15) is 39.0 Å². The number of carbonyl (C=O) groups excluding carboxylic acids is 2. The molecule has 0 radical (unpaired) electrons. The van der Waals surface area contributed by atoms with E-state index in [1.807, 2.05) is 0 Å². The lowest BCUT2D eigenvalue weighted by Gasteiger charge is -2.25. The first-order chi connectivity index (χ1) is 11.2. The van der Waals surface area contributed by atoms with Crippen molar-refractivity contribution in [1.29, 1.82) is 0 Å². The third kappa shape index (κ3) is 6.16. The van der Waals surface area contributed by atoms with Gasteiger partial charge >= 0.3 is 12.1 Å². The van der Waals surface area contributed by atoms with Crippen molar-refractivity contribution in [2.24, 2.45) is 0 Å². The summed E-state index contributed by atoms with van der Waals surface area (Å²) in [7, 11) is 3.13. The Balaban J connectivity index is 3.07. The third-order valence-corrected chi connectivity index (χ3v) is 2.93. The van der Waals surface area contributed by atoms with Crippen molar-refractivity contribution < 1.29 is 23.8 Å². The molecule has 1 amide bonds. The van der Waals surface area contributed by atoms with Gasteiger partial charge in [-0.05, 0) is 33.8 Å². The molecule has 0 spiro atoms. The van der Waals surface area contributed by atoms with Crippen LogP contribution in [0.15, 0.2) is 12.1 Å². The van der Waals surface area contributed by atoms with Crippen molar-refractivity contribution in [2.75, 3.05) is 25.7 Å². The number of hydrogen-bond acceptors (Lipinski definition) is 6. The van der Waals surface area contributed by atoms with Gasteiger partial charge in [0.05, 0.1) is 25.3 Å². The molecule has 0 atom stereocenters. The lowest BCUT2D eigenvalue weighted by molar-refractivity contribution is -0.142. The van der Waals surface area contributed by atoms with Gasteiger partial charge in [0, 0.05) is 19.7 Å². The van der Waals surface area contributed by atoms with Gasteiger partial charge in [0.25, 0.3) is 0 Å². The maximum Gasteiger partial charge on any atom is 0.415 e. The first-order valence-electron chi connectivity index (χ1n) is 7.78. The zero-order valence-electron chi connectivity index (χ0n) is 15.2. The van der Waals surface area contributed by atoms with Crippen LogP contribution in [0.5, 0.6) is 0 Å². The molecule has 0 aliphatic carbocycles. The second-order valence-corrected chi connectivity index (χ2v) is 6.24. The van der Waals surface area contributed by atoms with Gasteiger partial charge in [-0.3, -0.25) is 9.69 Å². The minimum absolute atomic E-state index is 0.0380. The molecule has 24 heavy (non-hydrogen) atoms. The molecule has 1 rings (SSSR count). The number of amides is 1. The van der Waals surface area contributed by atoms with E-state index in [9.17, 15) is 9.59 Å². The van der Waals surface area contributed by atoms with E-state index in [-0.39, 0.29) is 19.0 Å². The number of rotatable bonds is 6. The van der Waals surface area contributed by atoms with Crippen LogP contribution >= 0.6 is 0 Å². The highest BCUT2D eigenvalue weighted by Gasteiger charge is 2.23. The fourth-order valence-electron chi connectivity index (χ4n) is 1.95. The average molecular weight is 338 g/mol. The van der Waals surface area contributed by atoms with Crippen LogP contribution in [0.2, 0.25) is 0 Å². The largest absolute Gasteiger partial charge is 0.466 e. The fraction of sp³-hybridized carbons (Fsp3) is 0.588. The number of carbonyl (C=O) groups is 2. The van der Waals surface area contributed by atoms with Gasteiger partial charge in [0.1, 0.15) is 11.4 Å². The first-order valence-corrected chi connectivity index (χ1v) is 7.78. The minimum Gasteiger partial charge on any atom is -0.466 e. The van der Waals surface area contributed by atoms with Gasteiger partial charge in [0.15, 0.2) is 0 Å². The number of anilines is 1. The number of esters is 1. The molecule has 1 aromatic rings. The second-order valence-electron chi connectivity index (χ2n) is 6.24. The summed E-state index contributed by atoms with van der Waals surface area (Å²) in [5.41, 5.74) is 0.618. The minimum atomic E-state index is -0.616. The van der Waals surface area contributed by atoms with E-state index in [0.717, 1.165) is 5.56 Å². The number of hydrogen-bond donors (Lipinski definition) is 0. The van der Waals surface area contributed by atoms with E-state index >= 15 is 0 Å². The van der Waals surface area contributed by atoms with Gasteiger partial charge in [-0.1, -0.05) is 6.07 Å². The molecule has 1 heterocycles. The van der Waals surface area contributed by atoms with Gasteiger partial charge in [-0.15, -0.1) is 0 Å².